The molecule has 0 aliphatic heterocycles. The van der Waals surface area contributed by atoms with Crippen molar-refractivity contribution in [3.8, 4) is 17.2 Å². The number of benzene rings is 1. The molecule has 0 aliphatic rings. The van der Waals surface area contributed by atoms with Gasteiger partial charge in [-0.05, 0) is 43.4 Å². The first-order valence-corrected chi connectivity index (χ1v) is 27.8. The molecule has 0 bridgehead atoms. The maximum absolute atomic E-state index is 6.61. The summed E-state index contributed by atoms with van der Waals surface area (Å²) in [4.78, 5) is 0. The largest absolute Gasteiger partial charge is 0.490 e. The Morgan fingerprint density at radius 2 is 0.467 bits per heavy atom. The van der Waals surface area contributed by atoms with Crippen LogP contribution >= 0.6 is 0 Å². The summed E-state index contributed by atoms with van der Waals surface area (Å²) in [6.07, 6.45) is 59.9. The molecule has 3 heteroatoms. The van der Waals surface area contributed by atoms with Gasteiger partial charge in [-0.2, -0.15) is 0 Å². The molecule has 1 aromatic rings. The molecule has 0 atom stereocenters. The fourth-order valence-corrected chi connectivity index (χ4v) is 8.85. The van der Waals surface area contributed by atoms with Crippen LogP contribution in [0, 0.1) is 0 Å². The zero-order valence-corrected chi connectivity index (χ0v) is 41.6. The van der Waals surface area contributed by atoms with Crippen molar-refractivity contribution in [1.29, 1.82) is 0 Å². The van der Waals surface area contributed by atoms with Gasteiger partial charge in [-0.25, -0.2) is 0 Å². The van der Waals surface area contributed by atoms with Gasteiger partial charge in [0.15, 0.2) is 11.5 Å². The van der Waals surface area contributed by atoms with E-state index in [4.69, 9.17) is 14.2 Å². The summed E-state index contributed by atoms with van der Waals surface area (Å²) in [6.45, 7) is 11.5. The van der Waals surface area contributed by atoms with E-state index in [1.807, 2.05) is 0 Å². The first-order chi connectivity index (χ1) is 29.8. The van der Waals surface area contributed by atoms with Gasteiger partial charge in [-0.3, -0.25) is 0 Å². The topological polar surface area (TPSA) is 27.7 Å². The standard InChI is InChI=1S/C57H108O3/c1-5-9-12-15-18-21-24-27-30-33-36-39-42-45-49-58-55-52-54(48-8-4)53-56(59-50-46-43-40-37-34-31-28-25-22-19-16-13-10-6-2)57(55)60-51-47-44-41-38-35-32-29-26-23-20-17-14-11-7-3/h52-53H,5-51H2,1-4H3. The predicted octanol–water partition coefficient (Wildman–Crippen LogP) is 20.2. The average molecular weight is 841 g/mol. The van der Waals surface area contributed by atoms with Crippen LogP contribution in [0.25, 0.3) is 0 Å². The second-order valence-electron chi connectivity index (χ2n) is 19.0. The van der Waals surface area contributed by atoms with E-state index in [-0.39, 0.29) is 0 Å². The van der Waals surface area contributed by atoms with Crippen molar-refractivity contribution in [3.63, 3.8) is 0 Å². The number of aryl methyl sites for hydroxylation is 1. The lowest BCUT2D eigenvalue weighted by atomic mass is 10.0. The number of ether oxygens (including phenoxy) is 3. The Kier molecular flexibility index (Phi) is 44.5. The molecule has 3 nitrogen and oxygen atoms in total. The zero-order valence-electron chi connectivity index (χ0n) is 41.6. The van der Waals surface area contributed by atoms with E-state index in [0.29, 0.717) is 0 Å². The quantitative estimate of drug-likeness (QED) is 0.0612. The summed E-state index contributed by atoms with van der Waals surface area (Å²) in [5.74, 6) is 2.69. The predicted molar refractivity (Wildman–Crippen MR) is 268 cm³/mol. The van der Waals surface area contributed by atoms with Crippen LogP contribution in [0.4, 0.5) is 0 Å². The van der Waals surface area contributed by atoms with Gasteiger partial charge in [0.25, 0.3) is 0 Å². The summed E-state index contributed by atoms with van der Waals surface area (Å²) in [6, 6.07) is 4.51. The SMILES string of the molecule is CCCCCCCCCCCCCCCCOc1cc(CCC)cc(OCCCCCCCCCCCCCCCC)c1OCCCCCCCCCCCCCCCC. The third kappa shape index (κ3) is 37.2. The number of hydrogen-bond acceptors (Lipinski definition) is 3. The van der Waals surface area contributed by atoms with Crippen molar-refractivity contribution in [2.45, 2.75) is 310 Å². The maximum Gasteiger partial charge on any atom is 0.203 e. The van der Waals surface area contributed by atoms with Crippen molar-refractivity contribution >= 4 is 0 Å². The van der Waals surface area contributed by atoms with E-state index in [1.165, 1.54) is 256 Å². The Balaban J connectivity index is 2.49. The summed E-state index contributed by atoms with van der Waals surface area (Å²) in [5.41, 5.74) is 1.31. The lowest BCUT2D eigenvalue weighted by Gasteiger charge is -2.19. The Labute approximate surface area is 377 Å². The summed E-state index contributed by atoms with van der Waals surface area (Å²) >= 11 is 0. The minimum Gasteiger partial charge on any atom is -0.490 e. The van der Waals surface area contributed by atoms with E-state index in [2.05, 4.69) is 39.8 Å². The highest BCUT2D eigenvalue weighted by molar-refractivity contribution is 5.54. The molecule has 60 heavy (non-hydrogen) atoms. The lowest BCUT2D eigenvalue weighted by Crippen LogP contribution is -2.07. The molecule has 0 aromatic heterocycles. The summed E-state index contributed by atoms with van der Waals surface area (Å²) in [7, 11) is 0. The van der Waals surface area contributed by atoms with Crippen LogP contribution in [0.15, 0.2) is 12.1 Å². The van der Waals surface area contributed by atoms with Crippen LogP contribution in [-0.2, 0) is 6.42 Å². The van der Waals surface area contributed by atoms with Crippen molar-refractivity contribution in [2.75, 3.05) is 19.8 Å². The van der Waals surface area contributed by atoms with Crippen molar-refractivity contribution < 1.29 is 14.2 Å². The summed E-state index contributed by atoms with van der Waals surface area (Å²) in [5, 5.41) is 0. The highest BCUT2D eigenvalue weighted by atomic mass is 16.5. The number of hydrogen-bond donors (Lipinski definition) is 0. The molecule has 0 amide bonds. The van der Waals surface area contributed by atoms with Crippen molar-refractivity contribution in [3.05, 3.63) is 17.7 Å². The molecule has 0 heterocycles. The van der Waals surface area contributed by atoms with Crippen molar-refractivity contribution in [1.82, 2.24) is 0 Å². The smallest absolute Gasteiger partial charge is 0.203 e. The first-order valence-electron chi connectivity index (χ1n) is 27.8. The van der Waals surface area contributed by atoms with Gasteiger partial charge in [-0.15, -0.1) is 0 Å². The Bertz CT molecular complexity index is 919. The molecule has 0 N–H and O–H groups in total. The highest BCUT2D eigenvalue weighted by Gasteiger charge is 2.16. The fourth-order valence-electron chi connectivity index (χ4n) is 8.85. The molecular weight excluding hydrogens is 733 g/mol. The van der Waals surface area contributed by atoms with Gasteiger partial charge in [0.05, 0.1) is 19.8 Å². The lowest BCUT2D eigenvalue weighted by molar-refractivity contribution is 0.234. The van der Waals surface area contributed by atoms with Gasteiger partial charge in [0.1, 0.15) is 0 Å². The normalized spacial score (nSPS) is 11.5. The molecule has 354 valence electrons. The van der Waals surface area contributed by atoms with Gasteiger partial charge in [0, 0.05) is 0 Å². The highest BCUT2D eigenvalue weighted by Crippen LogP contribution is 2.40. The zero-order chi connectivity index (χ0) is 43.1. The Hall–Kier alpha value is -1.38. The molecule has 0 saturated heterocycles. The molecule has 0 spiro atoms. The molecule has 1 rings (SSSR count). The Morgan fingerprint density at radius 1 is 0.250 bits per heavy atom. The second kappa shape index (κ2) is 47.1. The van der Waals surface area contributed by atoms with Gasteiger partial charge < -0.3 is 14.2 Å². The molecule has 0 aliphatic carbocycles. The van der Waals surface area contributed by atoms with E-state index >= 15 is 0 Å². The number of rotatable bonds is 50. The van der Waals surface area contributed by atoms with E-state index < -0.39 is 0 Å². The number of unbranched alkanes of at least 4 members (excludes halogenated alkanes) is 39. The minimum atomic E-state index is 0.746. The molecular formula is C57H108O3. The second-order valence-corrected chi connectivity index (χ2v) is 19.0. The summed E-state index contributed by atoms with van der Waals surface area (Å²) < 4.78 is 19.7. The molecule has 1 aromatic carbocycles. The van der Waals surface area contributed by atoms with E-state index in [9.17, 15) is 0 Å². The molecule has 0 saturated carbocycles. The molecule has 0 fully saturated rings. The van der Waals surface area contributed by atoms with Crippen LogP contribution < -0.4 is 14.2 Å². The van der Waals surface area contributed by atoms with Crippen molar-refractivity contribution in [2.24, 2.45) is 0 Å². The monoisotopic (exact) mass is 841 g/mol. The average Bonchev–Trinajstić information content (AvgIpc) is 3.25. The third-order valence-corrected chi connectivity index (χ3v) is 12.9. The maximum atomic E-state index is 6.61. The fraction of sp³-hybridized carbons (Fsp3) is 0.895. The van der Waals surface area contributed by atoms with Crippen LogP contribution in [0.3, 0.4) is 0 Å². The van der Waals surface area contributed by atoms with Crippen LogP contribution in [0.2, 0.25) is 0 Å². The molecule has 0 radical (unpaired) electrons. The third-order valence-electron chi connectivity index (χ3n) is 12.9. The first kappa shape index (κ1) is 56.6. The van der Waals surface area contributed by atoms with Gasteiger partial charge >= 0.3 is 0 Å². The minimum absolute atomic E-state index is 0.746. The van der Waals surface area contributed by atoms with Crippen LogP contribution in [0.1, 0.15) is 309 Å². The van der Waals surface area contributed by atoms with Crippen LogP contribution in [-0.4, -0.2) is 19.8 Å². The van der Waals surface area contributed by atoms with Crippen LogP contribution in [0.5, 0.6) is 17.2 Å². The molecule has 0 unspecified atom stereocenters. The van der Waals surface area contributed by atoms with Gasteiger partial charge in [-0.1, -0.05) is 285 Å². The van der Waals surface area contributed by atoms with E-state index in [0.717, 1.165) is 69.2 Å². The Morgan fingerprint density at radius 3 is 0.700 bits per heavy atom. The van der Waals surface area contributed by atoms with E-state index in [1.54, 1.807) is 0 Å². The van der Waals surface area contributed by atoms with Gasteiger partial charge in [0.2, 0.25) is 5.75 Å².